The minimum Gasteiger partial charge on any atom is -0.285 e. The number of para-hydroxylation sites is 1. The molecule has 4 nitrogen and oxygen atoms in total. The highest BCUT2D eigenvalue weighted by Crippen LogP contribution is 2.25. The molecule has 0 radical (unpaired) electrons. The molecule has 1 heterocycles. The van der Waals surface area contributed by atoms with Gasteiger partial charge in [-0.15, -0.1) is 0 Å². The molecule has 0 spiro atoms. The fourth-order valence-electron chi connectivity index (χ4n) is 5.26. The van der Waals surface area contributed by atoms with E-state index >= 15 is 0 Å². The maximum absolute atomic E-state index is 5.13. The lowest BCUT2D eigenvalue weighted by Crippen LogP contribution is -2.27. The molecule has 4 heteroatoms. The minimum absolute atomic E-state index is 0.723. The van der Waals surface area contributed by atoms with Gasteiger partial charge in [0.05, 0.1) is 17.1 Å². The molecule has 4 aromatic rings. The molecule has 0 unspecified atom stereocenters. The third-order valence-corrected chi connectivity index (χ3v) is 6.52. The van der Waals surface area contributed by atoms with E-state index in [0.717, 1.165) is 39.6 Å². The van der Waals surface area contributed by atoms with E-state index in [0.29, 0.717) is 0 Å². The summed E-state index contributed by atoms with van der Waals surface area (Å²) in [5.74, 6) is 0.723. The van der Waals surface area contributed by atoms with Gasteiger partial charge in [0.15, 0.2) is 0 Å². The molecule has 0 bridgehead atoms. The van der Waals surface area contributed by atoms with Gasteiger partial charge in [0.2, 0.25) is 5.62 Å². The van der Waals surface area contributed by atoms with Gasteiger partial charge < -0.3 is 0 Å². The smallest absolute Gasteiger partial charge is 0.220 e. The SMILES string of the molecule is C/C(N=c1n(-c2c(C)cc(C)cc2C)ccn1-c1c(C)cc(C)cc1C)=N\c1c(C)cccc1C. The first-order valence-electron chi connectivity index (χ1n) is 12.2. The number of aryl methyl sites for hydroxylation is 8. The number of nitrogens with zero attached hydrogens (tertiary/aromatic N) is 4. The van der Waals surface area contributed by atoms with E-state index in [9.17, 15) is 0 Å². The van der Waals surface area contributed by atoms with Crippen molar-refractivity contribution in [3.63, 3.8) is 0 Å². The van der Waals surface area contributed by atoms with E-state index in [1.807, 2.05) is 6.92 Å². The summed E-state index contributed by atoms with van der Waals surface area (Å²) in [4.78, 5) is 10.1. The molecule has 0 N–H and O–H groups in total. The summed E-state index contributed by atoms with van der Waals surface area (Å²) >= 11 is 0. The number of aliphatic imine (C=N–C) groups is 1. The van der Waals surface area contributed by atoms with E-state index in [2.05, 4.69) is 119 Å². The number of rotatable bonds is 3. The van der Waals surface area contributed by atoms with Crippen LogP contribution >= 0.6 is 0 Å². The van der Waals surface area contributed by atoms with Crippen molar-refractivity contribution in [2.75, 3.05) is 0 Å². The van der Waals surface area contributed by atoms with E-state index in [4.69, 9.17) is 9.98 Å². The Morgan fingerprint density at radius 2 is 1.00 bits per heavy atom. The van der Waals surface area contributed by atoms with Crippen molar-refractivity contribution >= 4 is 11.5 Å². The largest absolute Gasteiger partial charge is 0.285 e. The van der Waals surface area contributed by atoms with E-state index in [1.54, 1.807) is 0 Å². The number of hydrogen-bond acceptors (Lipinski definition) is 1. The van der Waals surface area contributed by atoms with Gasteiger partial charge in [0.1, 0.15) is 5.84 Å². The Balaban J connectivity index is 2.04. The van der Waals surface area contributed by atoms with E-state index in [-0.39, 0.29) is 0 Å². The Bertz CT molecular complexity index is 1380. The van der Waals surface area contributed by atoms with Crippen molar-refractivity contribution in [3.8, 4) is 11.4 Å². The molecule has 0 aliphatic carbocycles. The molecular formula is C31H36N4. The topological polar surface area (TPSA) is 34.6 Å². The maximum Gasteiger partial charge on any atom is 0.220 e. The zero-order chi connectivity index (χ0) is 25.4. The molecule has 0 aliphatic rings. The molecule has 0 saturated carbocycles. The van der Waals surface area contributed by atoms with Crippen LogP contribution in [0.1, 0.15) is 51.4 Å². The highest BCUT2D eigenvalue weighted by Gasteiger charge is 2.14. The van der Waals surface area contributed by atoms with Crippen molar-refractivity contribution in [2.45, 2.75) is 62.3 Å². The molecule has 0 amide bonds. The molecule has 1 aromatic heterocycles. The van der Waals surface area contributed by atoms with Crippen molar-refractivity contribution in [1.29, 1.82) is 0 Å². The number of amidine groups is 1. The van der Waals surface area contributed by atoms with Gasteiger partial charge in [-0.25, -0.2) is 4.99 Å². The van der Waals surface area contributed by atoms with Gasteiger partial charge in [-0.3, -0.25) is 9.13 Å². The van der Waals surface area contributed by atoms with E-state index in [1.165, 1.54) is 33.4 Å². The van der Waals surface area contributed by atoms with Crippen molar-refractivity contribution < 1.29 is 0 Å². The Labute approximate surface area is 209 Å². The van der Waals surface area contributed by atoms with Crippen molar-refractivity contribution in [2.24, 2.45) is 9.98 Å². The standard InChI is InChI=1S/C31H36N4/c1-19-15-23(5)29(24(6)16-19)34-13-14-35(30-25(7)17-20(2)18-26(30)8)31(34)33-27(9)32-28-21(3)11-10-12-22(28)4/h10-18H,1-9H3/b32-27+. The van der Waals surface area contributed by atoms with Crippen molar-refractivity contribution in [3.05, 3.63) is 105 Å². The van der Waals surface area contributed by atoms with Crippen LogP contribution in [0.3, 0.4) is 0 Å². The summed E-state index contributed by atoms with van der Waals surface area (Å²) < 4.78 is 4.40. The maximum atomic E-state index is 5.13. The summed E-state index contributed by atoms with van der Waals surface area (Å²) in [6.45, 7) is 19.1. The highest BCUT2D eigenvalue weighted by molar-refractivity contribution is 5.84. The zero-order valence-electron chi connectivity index (χ0n) is 22.5. The van der Waals surface area contributed by atoms with Crippen LogP contribution in [-0.4, -0.2) is 15.0 Å². The molecule has 3 aromatic carbocycles. The van der Waals surface area contributed by atoms with Crippen LogP contribution < -0.4 is 5.62 Å². The van der Waals surface area contributed by atoms with Crippen molar-refractivity contribution in [1.82, 2.24) is 9.13 Å². The minimum atomic E-state index is 0.723. The third kappa shape index (κ3) is 4.79. The van der Waals surface area contributed by atoms with Crippen LogP contribution in [0.2, 0.25) is 0 Å². The van der Waals surface area contributed by atoms with E-state index < -0.39 is 0 Å². The Hall–Kier alpha value is -3.66. The molecule has 0 atom stereocenters. The Morgan fingerprint density at radius 3 is 1.40 bits per heavy atom. The summed E-state index contributed by atoms with van der Waals surface area (Å²) in [5.41, 5.74) is 13.9. The second-order valence-corrected chi connectivity index (χ2v) is 9.84. The predicted octanol–water partition coefficient (Wildman–Crippen LogP) is 7.39. The number of imidazole rings is 1. The van der Waals surface area contributed by atoms with Crippen LogP contribution in [0.5, 0.6) is 0 Å². The molecule has 0 aliphatic heterocycles. The van der Waals surface area contributed by atoms with Gasteiger partial charge in [0, 0.05) is 12.4 Å². The van der Waals surface area contributed by atoms with Crippen LogP contribution in [0, 0.1) is 55.4 Å². The number of benzene rings is 3. The molecule has 0 saturated heterocycles. The predicted molar refractivity (Wildman–Crippen MR) is 148 cm³/mol. The Morgan fingerprint density at radius 1 is 0.600 bits per heavy atom. The van der Waals surface area contributed by atoms with Crippen LogP contribution in [-0.2, 0) is 0 Å². The average Bonchev–Trinajstić information content (AvgIpc) is 3.12. The van der Waals surface area contributed by atoms with Gasteiger partial charge in [-0.2, -0.15) is 4.99 Å². The van der Waals surface area contributed by atoms with Gasteiger partial charge in [-0.05, 0) is 95.7 Å². The molecular weight excluding hydrogens is 428 g/mol. The highest BCUT2D eigenvalue weighted by atomic mass is 15.2. The molecule has 0 fully saturated rings. The van der Waals surface area contributed by atoms with Crippen LogP contribution in [0.25, 0.3) is 11.4 Å². The monoisotopic (exact) mass is 464 g/mol. The van der Waals surface area contributed by atoms with Gasteiger partial charge in [0.25, 0.3) is 0 Å². The number of aromatic nitrogens is 2. The second kappa shape index (κ2) is 9.53. The third-order valence-electron chi connectivity index (χ3n) is 6.52. The average molecular weight is 465 g/mol. The first-order chi connectivity index (χ1) is 16.6. The summed E-state index contributed by atoms with van der Waals surface area (Å²) in [7, 11) is 0. The quantitative estimate of drug-likeness (QED) is 0.224. The zero-order valence-corrected chi connectivity index (χ0v) is 22.5. The normalized spacial score (nSPS) is 11.7. The summed E-state index contributed by atoms with van der Waals surface area (Å²) in [6, 6.07) is 15.2. The first-order valence-corrected chi connectivity index (χ1v) is 12.2. The molecule has 4 rings (SSSR count). The molecule has 180 valence electrons. The lowest BCUT2D eigenvalue weighted by molar-refractivity contribution is 0.852. The molecule has 35 heavy (non-hydrogen) atoms. The first kappa shape index (κ1) is 24.5. The summed E-state index contributed by atoms with van der Waals surface area (Å²) in [6.07, 6.45) is 4.24. The lowest BCUT2D eigenvalue weighted by atomic mass is 10.0. The fraction of sp³-hybridized carbons (Fsp3) is 0.290. The Kier molecular flexibility index (Phi) is 6.66. The summed E-state index contributed by atoms with van der Waals surface area (Å²) in [5, 5.41) is 0. The second-order valence-electron chi connectivity index (χ2n) is 9.84. The fourth-order valence-corrected chi connectivity index (χ4v) is 5.26. The van der Waals surface area contributed by atoms with Gasteiger partial charge >= 0.3 is 0 Å². The van der Waals surface area contributed by atoms with Crippen LogP contribution in [0.4, 0.5) is 5.69 Å². The lowest BCUT2D eigenvalue weighted by Gasteiger charge is -2.15. The van der Waals surface area contributed by atoms with Crippen LogP contribution in [0.15, 0.2) is 64.8 Å². The van der Waals surface area contributed by atoms with Gasteiger partial charge in [-0.1, -0.05) is 53.6 Å². The number of hydrogen-bond donors (Lipinski definition) is 0.